The molecule has 0 bridgehead atoms. The van der Waals surface area contributed by atoms with Crippen molar-refractivity contribution in [1.82, 2.24) is 4.90 Å². The Morgan fingerprint density at radius 3 is 2.33 bits per heavy atom. The van der Waals surface area contributed by atoms with Gasteiger partial charge in [-0.05, 0) is 6.07 Å². The fraction of sp³-hybridized carbons (Fsp3) is 0.385. The molecule has 1 fully saturated rings. The van der Waals surface area contributed by atoms with Crippen LogP contribution in [0.2, 0.25) is 0 Å². The van der Waals surface area contributed by atoms with Crippen molar-refractivity contribution >= 4 is 23.2 Å². The van der Waals surface area contributed by atoms with E-state index in [4.69, 9.17) is 5.84 Å². The minimum atomic E-state index is -0.539. The van der Waals surface area contributed by atoms with Crippen LogP contribution in [0.5, 0.6) is 0 Å². The quantitative estimate of drug-likeness (QED) is 0.370. The molecule has 0 spiro atoms. The van der Waals surface area contributed by atoms with Crippen molar-refractivity contribution in [2.75, 3.05) is 5.43 Å². The standard InChI is InChI=1S/C13H16N4O4/c1-7-8(2)13(19)16(12(7)18)6-9-5-10(17(20)21)3-4-11(9)15-14/h3-5,7-8,15H,6,14H2,1-2H3. The molecule has 2 amide bonds. The number of nitrogens with zero attached hydrogens (tertiary/aromatic N) is 2. The molecular formula is C13H16N4O4. The number of nitro groups is 1. The number of likely N-dealkylation sites (tertiary alicyclic amines) is 1. The van der Waals surface area contributed by atoms with Gasteiger partial charge in [0.25, 0.3) is 5.69 Å². The number of amides is 2. The minimum absolute atomic E-state index is 0.0342. The molecule has 1 aliphatic heterocycles. The van der Waals surface area contributed by atoms with E-state index in [1.807, 2.05) is 0 Å². The number of anilines is 1. The van der Waals surface area contributed by atoms with Crippen molar-refractivity contribution in [2.45, 2.75) is 20.4 Å². The van der Waals surface area contributed by atoms with E-state index >= 15 is 0 Å². The van der Waals surface area contributed by atoms with Crippen molar-refractivity contribution in [3.63, 3.8) is 0 Å². The zero-order valence-corrected chi connectivity index (χ0v) is 11.7. The summed E-state index contributed by atoms with van der Waals surface area (Å²) in [7, 11) is 0. The van der Waals surface area contributed by atoms with Crippen LogP contribution in [0.3, 0.4) is 0 Å². The Bertz CT molecular complexity index is 596. The predicted octanol–water partition coefficient (Wildman–Crippen LogP) is 1.02. The van der Waals surface area contributed by atoms with E-state index in [1.54, 1.807) is 13.8 Å². The topological polar surface area (TPSA) is 119 Å². The Morgan fingerprint density at radius 1 is 1.29 bits per heavy atom. The SMILES string of the molecule is CC1C(=O)N(Cc2cc([N+](=O)[O-])ccc2NN)C(=O)C1C. The highest BCUT2D eigenvalue weighted by Crippen LogP contribution is 2.29. The average molecular weight is 292 g/mol. The van der Waals surface area contributed by atoms with Crippen LogP contribution >= 0.6 is 0 Å². The Kier molecular flexibility index (Phi) is 3.90. The van der Waals surface area contributed by atoms with E-state index in [2.05, 4.69) is 5.43 Å². The summed E-state index contributed by atoms with van der Waals surface area (Å²) in [6, 6.07) is 4.06. The first kappa shape index (κ1) is 14.9. The van der Waals surface area contributed by atoms with Crippen LogP contribution in [0.25, 0.3) is 0 Å². The van der Waals surface area contributed by atoms with Gasteiger partial charge in [-0.2, -0.15) is 0 Å². The second-order valence-corrected chi connectivity index (χ2v) is 5.08. The van der Waals surface area contributed by atoms with E-state index in [1.165, 1.54) is 18.2 Å². The third-order valence-corrected chi connectivity index (χ3v) is 3.84. The summed E-state index contributed by atoms with van der Waals surface area (Å²) in [5.74, 6) is 4.05. The van der Waals surface area contributed by atoms with Gasteiger partial charge >= 0.3 is 0 Å². The highest BCUT2D eigenvalue weighted by molar-refractivity contribution is 6.04. The van der Waals surface area contributed by atoms with Gasteiger partial charge in [-0.3, -0.25) is 30.4 Å². The summed E-state index contributed by atoms with van der Waals surface area (Å²) in [4.78, 5) is 35.5. The lowest BCUT2D eigenvalue weighted by Gasteiger charge is -2.17. The van der Waals surface area contributed by atoms with Gasteiger partial charge in [-0.1, -0.05) is 13.8 Å². The lowest BCUT2D eigenvalue weighted by molar-refractivity contribution is -0.384. The summed E-state index contributed by atoms with van der Waals surface area (Å²) in [5, 5.41) is 10.8. The van der Waals surface area contributed by atoms with Crippen LogP contribution in [-0.2, 0) is 16.1 Å². The number of nitrogens with one attached hydrogen (secondary N) is 1. The Balaban J connectivity index is 2.34. The molecule has 2 unspecified atom stereocenters. The number of hydrogen-bond acceptors (Lipinski definition) is 6. The molecule has 1 aromatic carbocycles. The summed E-state index contributed by atoms with van der Waals surface area (Å²) >= 11 is 0. The van der Waals surface area contributed by atoms with Crippen LogP contribution in [0.1, 0.15) is 19.4 Å². The highest BCUT2D eigenvalue weighted by atomic mass is 16.6. The van der Waals surface area contributed by atoms with Crippen LogP contribution < -0.4 is 11.3 Å². The first-order chi connectivity index (χ1) is 9.86. The predicted molar refractivity (Wildman–Crippen MR) is 74.8 cm³/mol. The lowest BCUT2D eigenvalue weighted by atomic mass is 10.00. The Labute approximate surface area is 121 Å². The minimum Gasteiger partial charge on any atom is -0.324 e. The first-order valence-corrected chi connectivity index (χ1v) is 6.46. The molecule has 112 valence electrons. The fourth-order valence-corrected chi connectivity index (χ4v) is 2.32. The molecule has 2 atom stereocenters. The summed E-state index contributed by atoms with van der Waals surface area (Å²) in [6.45, 7) is 3.36. The molecule has 3 N–H and O–H groups in total. The molecule has 1 saturated heterocycles. The largest absolute Gasteiger partial charge is 0.324 e. The Hall–Kier alpha value is -2.48. The summed E-state index contributed by atoms with van der Waals surface area (Å²) in [5.41, 5.74) is 3.16. The van der Waals surface area contributed by atoms with Crippen molar-refractivity contribution < 1.29 is 14.5 Å². The zero-order chi connectivity index (χ0) is 15.7. The molecule has 8 heteroatoms. The highest BCUT2D eigenvalue weighted by Gasteiger charge is 2.42. The zero-order valence-electron chi connectivity index (χ0n) is 11.7. The van der Waals surface area contributed by atoms with Crippen molar-refractivity contribution in [3.05, 3.63) is 33.9 Å². The second-order valence-electron chi connectivity index (χ2n) is 5.08. The van der Waals surface area contributed by atoms with Crippen LogP contribution in [0.4, 0.5) is 11.4 Å². The molecule has 0 radical (unpaired) electrons. The number of hydrazine groups is 1. The molecule has 1 aliphatic rings. The van der Waals surface area contributed by atoms with Gasteiger partial charge in [-0.15, -0.1) is 0 Å². The number of hydrogen-bond donors (Lipinski definition) is 2. The van der Waals surface area contributed by atoms with Crippen molar-refractivity contribution in [3.8, 4) is 0 Å². The smallest absolute Gasteiger partial charge is 0.269 e. The van der Waals surface area contributed by atoms with Gasteiger partial charge in [0.05, 0.1) is 17.2 Å². The van der Waals surface area contributed by atoms with Crippen molar-refractivity contribution in [1.29, 1.82) is 0 Å². The third kappa shape index (κ3) is 2.57. The number of rotatable bonds is 4. The number of imide groups is 1. The monoisotopic (exact) mass is 292 g/mol. The summed E-state index contributed by atoms with van der Waals surface area (Å²) < 4.78 is 0. The maximum absolute atomic E-state index is 12.1. The number of nitrogen functional groups attached to an aromatic ring is 1. The fourth-order valence-electron chi connectivity index (χ4n) is 2.32. The molecule has 0 saturated carbocycles. The first-order valence-electron chi connectivity index (χ1n) is 6.46. The molecule has 21 heavy (non-hydrogen) atoms. The van der Waals surface area contributed by atoms with Gasteiger partial charge in [0.2, 0.25) is 11.8 Å². The maximum Gasteiger partial charge on any atom is 0.269 e. The molecule has 0 aliphatic carbocycles. The number of non-ortho nitro benzene ring substituents is 1. The molecule has 2 rings (SSSR count). The van der Waals surface area contributed by atoms with E-state index in [0.717, 1.165) is 4.90 Å². The van der Waals surface area contributed by atoms with E-state index < -0.39 is 4.92 Å². The Morgan fingerprint density at radius 2 is 1.86 bits per heavy atom. The number of benzene rings is 1. The number of carbonyl (C=O) groups is 2. The molecule has 1 aromatic rings. The third-order valence-electron chi connectivity index (χ3n) is 3.84. The van der Waals surface area contributed by atoms with E-state index in [0.29, 0.717) is 11.3 Å². The molecule has 0 aromatic heterocycles. The van der Waals surface area contributed by atoms with Gasteiger partial charge in [-0.25, -0.2) is 0 Å². The summed E-state index contributed by atoms with van der Waals surface area (Å²) in [6.07, 6.45) is 0. The molecular weight excluding hydrogens is 276 g/mol. The van der Waals surface area contributed by atoms with E-state index in [9.17, 15) is 19.7 Å². The van der Waals surface area contributed by atoms with Gasteiger partial charge in [0.1, 0.15) is 0 Å². The van der Waals surface area contributed by atoms with Crippen molar-refractivity contribution in [2.24, 2.45) is 17.7 Å². The van der Waals surface area contributed by atoms with Gasteiger partial charge in [0, 0.05) is 29.5 Å². The maximum atomic E-state index is 12.1. The number of nitrogens with two attached hydrogens (primary N) is 1. The molecule has 8 nitrogen and oxygen atoms in total. The van der Waals surface area contributed by atoms with E-state index in [-0.39, 0.29) is 35.9 Å². The number of nitro benzene ring substituents is 1. The van der Waals surface area contributed by atoms with Crippen LogP contribution in [0, 0.1) is 22.0 Å². The number of carbonyl (C=O) groups excluding carboxylic acids is 2. The average Bonchev–Trinajstić information content (AvgIpc) is 2.65. The van der Waals surface area contributed by atoms with Crippen LogP contribution in [-0.4, -0.2) is 21.6 Å². The normalized spacial score (nSPS) is 21.8. The lowest BCUT2D eigenvalue weighted by Crippen LogP contribution is -2.30. The van der Waals surface area contributed by atoms with Gasteiger partial charge in [0.15, 0.2) is 0 Å². The van der Waals surface area contributed by atoms with Crippen LogP contribution in [0.15, 0.2) is 18.2 Å². The molecule has 1 heterocycles. The van der Waals surface area contributed by atoms with Gasteiger partial charge < -0.3 is 5.43 Å². The second kappa shape index (κ2) is 5.49.